The number of hydrogen-bond acceptors (Lipinski definition) is 4. The lowest BCUT2D eigenvalue weighted by molar-refractivity contribution is 0.181. The number of nitrogens with one attached hydrogen (secondary N) is 2. The van der Waals surface area contributed by atoms with Crippen LogP contribution in [0.4, 0.5) is 0 Å². The van der Waals surface area contributed by atoms with E-state index in [0.29, 0.717) is 6.04 Å². The summed E-state index contributed by atoms with van der Waals surface area (Å²) in [4.78, 5) is 11.2. The van der Waals surface area contributed by atoms with E-state index in [9.17, 15) is 0 Å². The van der Waals surface area contributed by atoms with Crippen LogP contribution in [0.3, 0.4) is 0 Å². The van der Waals surface area contributed by atoms with Crippen LogP contribution in [0.2, 0.25) is 0 Å². The van der Waals surface area contributed by atoms with Crippen molar-refractivity contribution in [3.05, 3.63) is 22.4 Å². The summed E-state index contributed by atoms with van der Waals surface area (Å²) >= 11 is 1.87. The molecule has 7 heteroatoms. The van der Waals surface area contributed by atoms with Crippen LogP contribution < -0.4 is 10.6 Å². The van der Waals surface area contributed by atoms with E-state index in [1.54, 1.807) is 0 Å². The summed E-state index contributed by atoms with van der Waals surface area (Å²) in [5, 5.41) is 9.28. The molecule has 2 saturated heterocycles. The zero-order chi connectivity index (χ0) is 19.6. The smallest absolute Gasteiger partial charge is 0.191 e. The maximum Gasteiger partial charge on any atom is 0.191 e. The van der Waals surface area contributed by atoms with Gasteiger partial charge in [0, 0.05) is 31.6 Å². The molecule has 0 spiro atoms. The number of hydrogen-bond donors (Lipinski definition) is 2. The molecule has 0 bridgehead atoms. The molecule has 0 amide bonds. The predicted octanol–water partition coefficient (Wildman–Crippen LogP) is 4.18. The number of thiophene rings is 1. The second kappa shape index (κ2) is 13.8. The van der Waals surface area contributed by atoms with Crippen molar-refractivity contribution in [1.82, 2.24) is 20.4 Å². The van der Waals surface area contributed by atoms with E-state index in [0.717, 1.165) is 25.0 Å². The first-order valence-corrected chi connectivity index (χ1v) is 12.1. The van der Waals surface area contributed by atoms with Gasteiger partial charge in [-0.3, -0.25) is 9.89 Å². The molecule has 29 heavy (non-hydrogen) atoms. The van der Waals surface area contributed by atoms with E-state index in [2.05, 4.69) is 49.9 Å². The molecule has 2 fully saturated rings. The fraction of sp³-hybridized carbons (Fsp3) is 0.773. The van der Waals surface area contributed by atoms with Crippen molar-refractivity contribution in [3.63, 3.8) is 0 Å². The van der Waals surface area contributed by atoms with Crippen LogP contribution in [0, 0.1) is 5.92 Å². The summed E-state index contributed by atoms with van der Waals surface area (Å²) in [6, 6.07) is 4.90. The minimum absolute atomic E-state index is 0. The number of unbranched alkanes of at least 4 members (excludes halogenated alkanes) is 1. The van der Waals surface area contributed by atoms with Gasteiger partial charge in [0.1, 0.15) is 0 Å². The van der Waals surface area contributed by atoms with Gasteiger partial charge in [0.15, 0.2) is 5.96 Å². The lowest BCUT2D eigenvalue weighted by Crippen LogP contribution is -2.43. The minimum Gasteiger partial charge on any atom is -0.356 e. The number of likely N-dealkylation sites (tertiary alicyclic amines) is 2. The van der Waals surface area contributed by atoms with E-state index in [1.807, 2.05) is 18.4 Å². The fourth-order valence-electron chi connectivity index (χ4n) is 4.51. The fourth-order valence-corrected chi connectivity index (χ4v) is 5.38. The highest BCUT2D eigenvalue weighted by Crippen LogP contribution is 2.27. The van der Waals surface area contributed by atoms with Crippen LogP contribution in [0.15, 0.2) is 22.5 Å². The molecule has 0 aliphatic carbocycles. The molecule has 1 aromatic heterocycles. The summed E-state index contributed by atoms with van der Waals surface area (Å²) < 4.78 is 0. The third kappa shape index (κ3) is 8.34. The highest BCUT2D eigenvalue weighted by Gasteiger charge is 2.24. The molecule has 2 N–H and O–H groups in total. The Kier molecular flexibility index (Phi) is 11.9. The number of guanidine groups is 1. The Hall–Kier alpha value is -0.380. The highest BCUT2D eigenvalue weighted by atomic mass is 127. The van der Waals surface area contributed by atoms with E-state index >= 15 is 0 Å². The zero-order valence-corrected chi connectivity index (χ0v) is 21.4. The summed E-state index contributed by atoms with van der Waals surface area (Å²) in [6.07, 6.45) is 7.89. The van der Waals surface area contributed by atoms with Gasteiger partial charge in [-0.15, -0.1) is 35.3 Å². The van der Waals surface area contributed by atoms with Gasteiger partial charge in [-0.25, -0.2) is 0 Å². The van der Waals surface area contributed by atoms with Gasteiger partial charge in [0.05, 0.1) is 6.04 Å². The normalized spacial score (nSPS) is 22.3. The molecule has 0 saturated carbocycles. The van der Waals surface area contributed by atoms with Gasteiger partial charge in [-0.2, -0.15) is 0 Å². The Bertz CT molecular complexity index is 574. The minimum atomic E-state index is 0. The number of rotatable bonds is 9. The first-order chi connectivity index (χ1) is 13.8. The Morgan fingerprint density at radius 2 is 2.03 bits per heavy atom. The average Bonchev–Trinajstić information content (AvgIpc) is 3.41. The number of piperidine rings is 1. The SMILES string of the molecule is CN=C(NCCCCN1CCCC(C)C1)NCC(c1cccs1)N1CCCC1.I. The van der Waals surface area contributed by atoms with Crippen molar-refractivity contribution >= 4 is 41.3 Å². The molecule has 0 radical (unpaired) electrons. The Labute approximate surface area is 198 Å². The van der Waals surface area contributed by atoms with Gasteiger partial charge in [-0.1, -0.05) is 13.0 Å². The molecule has 3 heterocycles. The second-order valence-electron chi connectivity index (χ2n) is 8.41. The lowest BCUT2D eigenvalue weighted by atomic mass is 10.0. The summed E-state index contributed by atoms with van der Waals surface area (Å²) in [7, 11) is 1.88. The van der Waals surface area contributed by atoms with Gasteiger partial charge < -0.3 is 15.5 Å². The summed E-state index contributed by atoms with van der Waals surface area (Å²) in [5.41, 5.74) is 0. The van der Waals surface area contributed by atoms with Gasteiger partial charge in [0.25, 0.3) is 0 Å². The maximum absolute atomic E-state index is 4.43. The Morgan fingerprint density at radius 3 is 2.72 bits per heavy atom. The van der Waals surface area contributed by atoms with Crippen LogP contribution >= 0.6 is 35.3 Å². The number of nitrogens with zero attached hydrogens (tertiary/aromatic N) is 3. The topological polar surface area (TPSA) is 42.9 Å². The Balaban J connectivity index is 0.00000300. The third-order valence-corrected chi connectivity index (χ3v) is 7.05. The molecule has 1 aromatic rings. The van der Waals surface area contributed by atoms with E-state index in [4.69, 9.17) is 0 Å². The molecule has 2 atom stereocenters. The van der Waals surface area contributed by atoms with Crippen LogP contribution in [-0.2, 0) is 0 Å². The average molecular weight is 534 g/mol. The largest absolute Gasteiger partial charge is 0.356 e. The van der Waals surface area contributed by atoms with Gasteiger partial charge in [0.2, 0.25) is 0 Å². The quantitative estimate of drug-likeness (QED) is 0.216. The predicted molar refractivity (Wildman–Crippen MR) is 137 cm³/mol. The molecule has 3 rings (SSSR count). The molecule has 166 valence electrons. The van der Waals surface area contributed by atoms with Crippen molar-refractivity contribution in [3.8, 4) is 0 Å². The van der Waals surface area contributed by atoms with Crippen LogP contribution in [-0.4, -0.2) is 68.6 Å². The van der Waals surface area contributed by atoms with Crippen molar-refractivity contribution < 1.29 is 0 Å². The first kappa shape index (κ1) is 24.9. The number of halogens is 1. The molecule has 2 aliphatic heterocycles. The molecular formula is C22H40IN5S. The number of aliphatic imine (C=N–C) groups is 1. The summed E-state index contributed by atoms with van der Waals surface area (Å²) in [5.74, 6) is 1.81. The second-order valence-corrected chi connectivity index (χ2v) is 9.39. The van der Waals surface area contributed by atoms with Gasteiger partial charge >= 0.3 is 0 Å². The third-order valence-electron chi connectivity index (χ3n) is 6.07. The molecule has 2 aliphatic rings. The van der Waals surface area contributed by atoms with Crippen molar-refractivity contribution in [2.45, 2.75) is 51.5 Å². The maximum atomic E-state index is 4.43. The monoisotopic (exact) mass is 533 g/mol. The van der Waals surface area contributed by atoms with E-state index < -0.39 is 0 Å². The van der Waals surface area contributed by atoms with Crippen molar-refractivity contribution in [2.75, 3.05) is 52.9 Å². The van der Waals surface area contributed by atoms with Gasteiger partial charge in [-0.05, 0) is 82.1 Å². The molecule has 0 aromatic carbocycles. The summed E-state index contributed by atoms with van der Waals surface area (Å²) in [6.45, 7) is 10.6. The van der Waals surface area contributed by atoms with E-state index in [-0.39, 0.29) is 24.0 Å². The molecular weight excluding hydrogens is 493 g/mol. The van der Waals surface area contributed by atoms with Crippen LogP contribution in [0.25, 0.3) is 0 Å². The van der Waals surface area contributed by atoms with Crippen LogP contribution in [0.1, 0.15) is 56.4 Å². The molecule has 2 unspecified atom stereocenters. The lowest BCUT2D eigenvalue weighted by Gasteiger charge is -2.30. The highest BCUT2D eigenvalue weighted by molar-refractivity contribution is 14.0. The standard InChI is InChI=1S/C22H39N5S.HI/c1-19-9-7-13-26(18-19)12-4-3-11-24-22(23-2)25-17-20(21-10-8-16-28-21)27-14-5-6-15-27;/h8,10,16,19-20H,3-7,9,11-15,17-18H2,1-2H3,(H2,23,24,25);1H. The molecule has 5 nitrogen and oxygen atoms in total. The van der Waals surface area contributed by atoms with Crippen molar-refractivity contribution in [2.24, 2.45) is 10.9 Å². The van der Waals surface area contributed by atoms with Crippen LogP contribution in [0.5, 0.6) is 0 Å². The van der Waals surface area contributed by atoms with Crippen molar-refractivity contribution in [1.29, 1.82) is 0 Å². The first-order valence-electron chi connectivity index (χ1n) is 11.2. The zero-order valence-electron chi connectivity index (χ0n) is 18.2. The van der Waals surface area contributed by atoms with E-state index in [1.165, 1.54) is 76.1 Å². The Morgan fingerprint density at radius 1 is 1.21 bits per heavy atom.